The van der Waals surface area contributed by atoms with E-state index < -0.39 is 0 Å². The van der Waals surface area contributed by atoms with Gasteiger partial charge in [0.1, 0.15) is 5.75 Å². The van der Waals surface area contributed by atoms with E-state index in [2.05, 4.69) is 38.7 Å². The molecule has 0 spiro atoms. The zero-order valence-electron chi connectivity index (χ0n) is 13.4. The van der Waals surface area contributed by atoms with Crippen molar-refractivity contribution in [3.63, 3.8) is 0 Å². The van der Waals surface area contributed by atoms with Gasteiger partial charge in [-0.05, 0) is 60.9 Å². The Labute approximate surface area is 123 Å². The Morgan fingerprint density at radius 2 is 2.15 bits per heavy atom. The summed E-state index contributed by atoms with van der Waals surface area (Å²) in [6.07, 6.45) is 2.46. The number of benzene rings is 1. The molecule has 1 fully saturated rings. The van der Waals surface area contributed by atoms with Crippen molar-refractivity contribution in [3.05, 3.63) is 29.8 Å². The van der Waals surface area contributed by atoms with Gasteiger partial charge in [-0.2, -0.15) is 0 Å². The second-order valence-electron chi connectivity index (χ2n) is 7.10. The molecule has 112 valence electrons. The molecule has 1 aliphatic heterocycles. The van der Waals surface area contributed by atoms with Gasteiger partial charge in [-0.3, -0.25) is 0 Å². The Morgan fingerprint density at radius 3 is 2.75 bits per heavy atom. The fourth-order valence-corrected chi connectivity index (χ4v) is 3.25. The predicted octanol–water partition coefficient (Wildman–Crippen LogP) is 4.04. The molecule has 0 radical (unpaired) electrons. The molecule has 1 N–H and O–H groups in total. The minimum atomic E-state index is 0.188. The van der Waals surface area contributed by atoms with Gasteiger partial charge in [-0.1, -0.05) is 39.8 Å². The van der Waals surface area contributed by atoms with Gasteiger partial charge >= 0.3 is 0 Å². The number of phenolic OH excluding ortho intramolecular Hbond substituents is 1. The van der Waals surface area contributed by atoms with Gasteiger partial charge in [-0.25, -0.2) is 0 Å². The largest absolute Gasteiger partial charge is 0.508 e. The number of nitrogens with zero attached hydrogens (tertiary/aromatic N) is 1. The van der Waals surface area contributed by atoms with E-state index in [4.69, 9.17) is 0 Å². The molecule has 1 saturated heterocycles. The van der Waals surface area contributed by atoms with Crippen molar-refractivity contribution < 1.29 is 5.11 Å². The van der Waals surface area contributed by atoms with E-state index in [-0.39, 0.29) is 5.41 Å². The standard InChI is InChI=1S/C18H29NO/c1-14(2)8-10-19-11-9-18(4,15(3)13-19)16-6-5-7-17(20)12-16/h5-7,12,14-15,20H,8-11,13H2,1-4H3. The molecule has 1 aromatic carbocycles. The highest BCUT2D eigenvalue weighted by Crippen LogP contribution is 2.40. The van der Waals surface area contributed by atoms with E-state index in [0.29, 0.717) is 11.7 Å². The molecule has 0 aliphatic carbocycles. The van der Waals surface area contributed by atoms with Crippen LogP contribution < -0.4 is 0 Å². The van der Waals surface area contributed by atoms with Crippen molar-refractivity contribution in [2.24, 2.45) is 11.8 Å². The molecule has 2 atom stereocenters. The Bertz CT molecular complexity index is 443. The van der Waals surface area contributed by atoms with Gasteiger partial charge in [0.2, 0.25) is 0 Å². The predicted molar refractivity (Wildman–Crippen MR) is 85.1 cm³/mol. The lowest BCUT2D eigenvalue weighted by molar-refractivity contribution is 0.107. The maximum absolute atomic E-state index is 9.73. The van der Waals surface area contributed by atoms with Crippen LogP contribution in [-0.4, -0.2) is 29.6 Å². The first-order valence-corrected chi connectivity index (χ1v) is 7.93. The SMILES string of the molecule is CC(C)CCN1CCC(C)(c2cccc(O)c2)C(C)C1. The highest BCUT2D eigenvalue weighted by Gasteiger charge is 2.37. The summed E-state index contributed by atoms with van der Waals surface area (Å²) in [5, 5.41) is 9.73. The molecule has 2 nitrogen and oxygen atoms in total. The molecule has 0 aromatic heterocycles. The summed E-state index contributed by atoms with van der Waals surface area (Å²) in [5.74, 6) is 1.79. The summed E-state index contributed by atoms with van der Waals surface area (Å²) in [6, 6.07) is 7.84. The number of hydrogen-bond acceptors (Lipinski definition) is 2. The number of rotatable bonds is 4. The summed E-state index contributed by atoms with van der Waals surface area (Å²) in [4.78, 5) is 2.61. The fraction of sp³-hybridized carbons (Fsp3) is 0.667. The third-order valence-electron chi connectivity index (χ3n) is 5.10. The van der Waals surface area contributed by atoms with E-state index >= 15 is 0 Å². The van der Waals surface area contributed by atoms with E-state index in [9.17, 15) is 5.11 Å². The Hall–Kier alpha value is -1.02. The van der Waals surface area contributed by atoms with Crippen LogP contribution in [0.1, 0.15) is 46.1 Å². The molecule has 0 bridgehead atoms. The van der Waals surface area contributed by atoms with Crippen molar-refractivity contribution >= 4 is 0 Å². The maximum Gasteiger partial charge on any atom is 0.115 e. The molecule has 0 saturated carbocycles. The van der Waals surface area contributed by atoms with Crippen LogP contribution in [0.25, 0.3) is 0 Å². The lowest BCUT2D eigenvalue weighted by atomic mass is 9.68. The number of hydrogen-bond donors (Lipinski definition) is 1. The summed E-state index contributed by atoms with van der Waals surface area (Å²) >= 11 is 0. The first-order valence-electron chi connectivity index (χ1n) is 7.93. The topological polar surface area (TPSA) is 23.5 Å². The van der Waals surface area contributed by atoms with Gasteiger partial charge in [0.05, 0.1) is 0 Å². The van der Waals surface area contributed by atoms with E-state index in [1.807, 2.05) is 12.1 Å². The first kappa shape index (κ1) is 15.4. The zero-order valence-corrected chi connectivity index (χ0v) is 13.4. The minimum absolute atomic E-state index is 0.188. The van der Waals surface area contributed by atoms with Crippen LogP contribution in [0.4, 0.5) is 0 Å². The van der Waals surface area contributed by atoms with Crippen LogP contribution in [0.2, 0.25) is 0 Å². The molecule has 2 rings (SSSR count). The van der Waals surface area contributed by atoms with Crippen LogP contribution in [0, 0.1) is 11.8 Å². The van der Waals surface area contributed by atoms with Gasteiger partial charge in [0, 0.05) is 6.54 Å². The van der Waals surface area contributed by atoms with Crippen molar-refractivity contribution in [2.75, 3.05) is 19.6 Å². The van der Waals surface area contributed by atoms with Crippen molar-refractivity contribution in [1.82, 2.24) is 4.90 Å². The lowest BCUT2D eigenvalue weighted by Gasteiger charge is -2.45. The minimum Gasteiger partial charge on any atom is -0.508 e. The second-order valence-corrected chi connectivity index (χ2v) is 7.10. The number of aromatic hydroxyl groups is 1. The molecule has 1 aliphatic rings. The van der Waals surface area contributed by atoms with Crippen molar-refractivity contribution in [3.8, 4) is 5.75 Å². The Morgan fingerprint density at radius 1 is 1.40 bits per heavy atom. The number of piperidine rings is 1. The fourth-order valence-electron chi connectivity index (χ4n) is 3.25. The molecule has 0 amide bonds. The molecule has 1 heterocycles. The summed E-state index contributed by atoms with van der Waals surface area (Å²) in [7, 11) is 0. The van der Waals surface area contributed by atoms with Crippen molar-refractivity contribution in [1.29, 1.82) is 0 Å². The molecular weight excluding hydrogens is 246 g/mol. The molecule has 2 unspecified atom stereocenters. The Kier molecular flexibility index (Phi) is 4.74. The average molecular weight is 275 g/mol. The van der Waals surface area contributed by atoms with Crippen LogP contribution in [0.3, 0.4) is 0 Å². The smallest absolute Gasteiger partial charge is 0.115 e. The summed E-state index contributed by atoms with van der Waals surface area (Å²) in [5.41, 5.74) is 1.47. The first-order chi connectivity index (χ1) is 9.41. The van der Waals surface area contributed by atoms with E-state index in [1.165, 1.54) is 38.0 Å². The third kappa shape index (κ3) is 3.35. The van der Waals surface area contributed by atoms with Gasteiger partial charge in [-0.15, -0.1) is 0 Å². The third-order valence-corrected chi connectivity index (χ3v) is 5.10. The van der Waals surface area contributed by atoms with Gasteiger partial charge < -0.3 is 10.0 Å². The van der Waals surface area contributed by atoms with Crippen molar-refractivity contribution in [2.45, 2.75) is 46.0 Å². The lowest BCUT2D eigenvalue weighted by Crippen LogP contribution is -2.47. The summed E-state index contributed by atoms with van der Waals surface area (Å²) in [6.45, 7) is 12.9. The highest BCUT2D eigenvalue weighted by molar-refractivity contribution is 5.33. The van der Waals surface area contributed by atoms with Crippen LogP contribution in [0.5, 0.6) is 5.75 Å². The monoisotopic (exact) mass is 275 g/mol. The van der Waals surface area contributed by atoms with Crippen LogP contribution >= 0.6 is 0 Å². The average Bonchev–Trinajstić information content (AvgIpc) is 2.40. The van der Waals surface area contributed by atoms with Gasteiger partial charge in [0.25, 0.3) is 0 Å². The number of phenols is 1. The quantitative estimate of drug-likeness (QED) is 0.896. The van der Waals surface area contributed by atoms with Crippen LogP contribution in [-0.2, 0) is 5.41 Å². The van der Waals surface area contributed by atoms with E-state index in [0.717, 1.165) is 5.92 Å². The summed E-state index contributed by atoms with van der Waals surface area (Å²) < 4.78 is 0. The molecule has 1 aromatic rings. The molecule has 2 heteroatoms. The second kappa shape index (κ2) is 6.17. The van der Waals surface area contributed by atoms with Gasteiger partial charge in [0.15, 0.2) is 0 Å². The molecule has 20 heavy (non-hydrogen) atoms. The molecular formula is C18H29NO. The number of likely N-dealkylation sites (tertiary alicyclic amines) is 1. The highest BCUT2D eigenvalue weighted by atomic mass is 16.3. The Balaban J connectivity index is 2.05. The maximum atomic E-state index is 9.73. The zero-order chi connectivity index (χ0) is 14.8. The van der Waals surface area contributed by atoms with E-state index in [1.54, 1.807) is 6.07 Å². The normalized spacial score (nSPS) is 27.9. The van der Waals surface area contributed by atoms with Crippen LogP contribution in [0.15, 0.2) is 24.3 Å².